The van der Waals surface area contributed by atoms with Crippen LogP contribution in [-0.4, -0.2) is 32.2 Å². The van der Waals surface area contributed by atoms with Crippen LogP contribution in [0.1, 0.15) is 30.2 Å². The summed E-state index contributed by atoms with van der Waals surface area (Å²) in [5, 5.41) is 10.0. The Morgan fingerprint density at radius 3 is 2.59 bits per heavy atom. The Labute approximate surface area is 167 Å². The summed E-state index contributed by atoms with van der Waals surface area (Å²) < 4.78 is 8.09. The Morgan fingerprint density at radius 1 is 1.17 bits per heavy atom. The fourth-order valence-electron chi connectivity index (χ4n) is 3.49. The second-order valence-corrected chi connectivity index (χ2v) is 7.32. The van der Waals surface area contributed by atoms with Gasteiger partial charge in [-0.3, -0.25) is 0 Å². The van der Waals surface area contributed by atoms with E-state index in [1.807, 2.05) is 24.3 Å². The first-order valence-corrected chi connectivity index (χ1v) is 9.42. The average molecular weight is 390 g/mol. The van der Waals surface area contributed by atoms with Crippen molar-refractivity contribution in [3.63, 3.8) is 0 Å². The first-order chi connectivity index (χ1) is 14.0. The van der Waals surface area contributed by atoms with E-state index >= 15 is 0 Å². The molecule has 2 aromatic heterocycles. The minimum Gasteiger partial charge on any atom is -0.491 e. The van der Waals surface area contributed by atoms with Gasteiger partial charge in [-0.15, -0.1) is 0 Å². The number of anilines is 1. The van der Waals surface area contributed by atoms with Crippen LogP contribution in [0.5, 0.6) is 5.75 Å². The molecular formula is C22H22N4O3. The number of carbonyl (C=O) groups is 1. The zero-order chi connectivity index (χ0) is 20.5. The van der Waals surface area contributed by atoms with Gasteiger partial charge < -0.3 is 20.1 Å². The molecule has 148 valence electrons. The molecular weight excluding hydrogens is 368 g/mol. The number of aromatic carboxylic acids is 1. The summed E-state index contributed by atoms with van der Waals surface area (Å²) in [6.45, 7) is 4.66. The fourth-order valence-corrected chi connectivity index (χ4v) is 3.49. The summed E-state index contributed by atoms with van der Waals surface area (Å²) in [6, 6.07) is 14.3. The number of carboxylic acid groups (broad SMARTS) is 1. The smallest absolute Gasteiger partial charge is 0.335 e. The molecule has 29 heavy (non-hydrogen) atoms. The quantitative estimate of drug-likeness (QED) is 0.513. The zero-order valence-electron chi connectivity index (χ0n) is 16.2. The molecule has 0 spiro atoms. The molecule has 0 aliphatic carbocycles. The number of aromatic nitrogens is 3. The first kappa shape index (κ1) is 18.7. The highest BCUT2D eigenvalue weighted by molar-refractivity contribution is 6.06. The topological polar surface area (TPSA) is 103 Å². The van der Waals surface area contributed by atoms with Crippen LogP contribution in [0.25, 0.3) is 21.9 Å². The molecule has 4 rings (SSSR count). The highest BCUT2D eigenvalue weighted by Crippen LogP contribution is 2.31. The van der Waals surface area contributed by atoms with Gasteiger partial charge in [0.2, 0.25) is 0 Å². The summed E-state index contributed by atoms with van der Waals surface area (Å²) in [6.07, 6.45) is 1.79. The van der Waals surface area contributed by atoms with Gasteiger partial charge in [-0.2, -0.15) is 0 Å². The molecule has 7 heteroatoms. The Morgan fingerprint density at radius 2 is 1.90 bits per heavy atom. The average Bonchev–Trinajstić information content (AvgIpc) is 3.14. The largest absolute Gasteiger partial charge is 0.491 e. The third kappa shape index (κ3) is 3.47. The second-order valence-electron chi connectivity index (χ2n) is 7.32. The lowest BCUT2D eigenvalue weighted by Gasteiger charge is -2.24. The number of benzene rings is 2. The van der Waals surface area contributed by atoms with Gasteiger partial charge in [-0.1, -0.05) is 32.0 Å². The number of ether oxygens (including phenoxy) is 1. The number of fused-ring (bicyclic) bond motifs is 3. The number of nitrogens with two attached hydrogens (primary N) is 1. The maximum atomic E-state index is 11.0. The van der Waals surface area contributed by atoms with Gasteiger partial charge in [0.1, 0.15) is 17.9 Å². The van der Waals surface area contributed by atoms with Gasteiger partial charge in [-0.05, 0) is 36.2 Å². The lowest BCUT2D eigenvalue weighted by atomic mass is 10.0. The number of nitrogen functional groups attached to an aromatic ring is 1. The summed E-state index contributed by atoms with van der Waals surface area (Å²) in [7, 11) is 0. The highest BCUT2D eigenvalue weighted by Gasteiger charge is 2.22. The van der Waals surface area contributed by atoms with E-state index in [-0.39, 0.29) is 17.5 Å². The number of hydrogen-bond donors (Lipinski definition) is 2. The van der Waals surface area contributed by atoms with Crippen molar-refractivity contribution >= 4 is 33.7 Å². The summed E-state index contributed by atoms with van der Waals surface area (Å²) in [5.74, 6) is 0.333. The minimum absolute atomic E-state index is 0.00403. The van der Waals surface area contributed by atoms with Crippen molar-refractivity contribution in [2.45, 2.75) is 19.9 Å². The van der Waals surface area contributed by atoms with Crippen molar-refractivity contribution in [3.05, 3.63) is 60.4 Å². The number of nitrogens with zero attached hydrogens (tertiary/aromatic N) is 3. The molecule has 4 aromatic rings. The van der Waals surface area contributed by atoms with Crippen LogP contribution in [0.4, 0.5) is 5.82 Å². The van der Waals surface area contributed by atoms with Gasteiger partial charge in [-0.25, -0.2) is 14.8 Å². The SMILES string of the molecule is CC(C)C(COc1ccc(C(=O)O)cc1)n1cnc2c(N)nc3ccccc3c21. The molecule has 0 amide bonds. The van der Waals surface area contributed by atoms with Crippen molar-refractivity contribution in [1.29, 1.82) is 0 Å². The Hall–Kier alpha value is -3.61. The van der Waals surface area contributed by atoms with E-state index < -0.39 is 5.97 Å². The Balaban J connectivity index is 1.70. The van der Waals surface area contributed by atoms with E-state index in [9.17, 15) is 4.79 Å². The van der Waals surface area contributed by atoms with Gasteiger partial charge in [0.15, 0.2) is 5.82 Å². The van der Waals surface area contributed by atoms with Crippen molar-refractivity contribution < 1.29 is 14.6 Å². The second kappa shape index (κ2) is 7.43. The Kier molecular flexibility index (Phi) is 4.80. The third-order valence-corrected chi connectivity index (χ3v) is 5.09. The predicted octanol–water partition coefficient (Wildman–Crippen LogP) is 4.14. The molecule has 2 aromatic carbocycles. The zero-order valence-corrected chi connectivity index (χ0v) is 16.2. The molecule has 0 fully saturated rings. The lowest BCUT2D eigenvalue weighted by molar-refractivity contribution is 0.0697. The van der Waals surface area contributed by atoms with Gasteiger partial charge in [0.25, 0.3) is 0 Å². The number of rotatable bonds is 6. The molecule has 3 N–H and O–H groups in total. The fraction of sp³-hybridized carbons (Fsp3) is 0.227. The van der Waals surface area contributed by atoms with E-state index in [0.29, 0.717) is 23.7 Å². The Bertz CT molecular complexity index is 1180. The number of hydrogen-bond acceptors (Lipinski definition) is 5. The van der Waals surface area contributed by atoms with E-state index in [2.05, 4.69) is 28.4 Å². The number of carboxylic acids is 1. The molecule has 0 saturated heterocycles. The first-order valence-electron chi connectivity index (χ1n) is 9.42. The van der Waals surface area contributed by atoms with Crippen molar-refractivity contribution in [3.8, 4) is 5.75 Å². The molecule has 0 saturated carbocycles. The molecule has 7 nitrogen and oxygen atoms in total. The highest BCUT2D eigenvalue weighted by atomic mass is 16.5. The van der Waals surface area contributed by atoms with E-state index in [1.54, 1.807) is 18.5 Å². The standard InChI is InChI=1S/C22H22N4O3/c1-13(2)18(11-29-15-9-7-14(8-10-15)22(27)28)26-12-24-19-20(26)16-5-3-4-6-17(16)25-21(19)23/h3-10,12-13,18H,11H2,1-2H3,(H2,23,25)(H,27,28). The van der Waals surface area contributed by atoms with Crippen molar-refractivity contribution in [2.75, 3.05) is 12.3 Å². The molecule has 0 aliphatic heterocycles. The molecule has 1 atom stereocenters. The van der Waals surface area contributed by atoms with Crippen LogP contribution in [0.3, 0.4) is 0 Å². The summed E-state index contributed by atoms with van der Waals surface area (Å²) >= 11 is 0. The number of imidazole rings is 1. The summed E-state index contributed by atoms with van der Waals surface area (Å²) in [4.78, 5) is 20.0. The minimum atomic E-state index is -0.959. The number of para-hydroxylation sites is 1. The van der Waals surface area contributed by atoms with Crippen LogP contribution >= 0.6 is 0 Å². The van der Waals surface area contributed by atoms with Gasteiger partial charge in [0.05, 0.1) is 29.0 Å². The van der Waals surface area contributed by atoms with Gasteiger partial charge in [0, 0.05) is 5.39 Å². The molecule has 1 unspecified atom stereocenters. The van der Waals surface area contributed by atoms with Crippen molar-refractivity contribution in [2.24, 2.45) is 5.92 Å². The normalized spacial score (nSPS) is 12.5. The van der Waals surface area contributed by atoms with Crippen LogP contribution in [0.15, 0.2) is 54.9 Å². The molecule has 2 heterocycles. The predicted molar refractivity (Wildman–Crippen MR) is 112 cm³/mol. The van der Waals surface area contributed by atoms with E-state index in [4.69, 9.17) is 15.6 Å². The maximum absolute atomic E-state index is 11.0. The third-order valence-electron chi connectivity index (χ3n) is 5.09. The lowest BCUT2D eigenvalue weighted by Crippen LogP contribution is -2.22. The van der Waals surface area contributed by atoms with Crippen LogP contribution in [-0.2, 0) is 0 Å². The van der Waals surface area contributed by atoms with E-state index in [1.165, 1.54) is 12.1 Å². The number of pyridine rings is 1. The van der Waals surface area contributed by atoms with E-state index in [0.717, 1.165) is 16.4 Å². The van der Waals surface area contributed by atoms with Crippen LogP contribution in [0, 0.1) is 5.92 Å². The molecule has 0 bridgehead atoms. The molecule has 0 radical (unpaired) electrons. The monoisotopic (exact) mass is 390 g/mol. The molecule has 0 aliphatic rings. The maximum Gasteiger partial charge on any atom is 0.335 e. The van der Waals surface area contributed by atoms with Crippen LogP contribution < -0.4 is 10.5 Å². The van der Waals surface area contributed by atoms with Gasteiger partial charge >= 0.3 is 5.97 Å². The van der Waals surface area contributed by atoms with Crippen LogP contribution in [0.2, 0.25) is 0 Å². The summed E-state index contributed by atoms with van der Waals surface area (Å²) in [5.41, 5.74) is 8.83. The van der Waals surface area contributed by atoms with Crippen molar-refractivity contribution in [1.82, 2.24) is 14.5 Å².